The Bertz CT molecular complexity index is 1600. The maximum atomic E-state index is 6.42. The number of anilines is 2. The van der Waals surface area contributed by atoms with Gasteiger partial charge in [-0.1, -0.05) is 48.5 Å². The van der Waals surface area contributed by atoms with Crippen LogP contribution in [-0.2, 0) is 0 Å². The Morgan fingerprint density at radius 1 is 0.727 bits per heavy atom. The molecule has 0 N–H and O–H groups in total. The summed E-state index contributed by atoms with van der Waals surface area (Å²) in [7, 11) is 0. The smallest absolute Gasteiger partial charge is 0.144 e. The van der Waals surface area contributed by atoms with E-state index in [0.717, 1.165) is 38.5 Å². The summed E-state index contributed by atoms with van der Waals surface area (Å²) in [5, 5.41) is 3.29. The third-order valence-electron chi connectivity index (χ3n) is 6.25. The summed E-state index contributed by atoms with van der Waals surface area (Å²) >= 11 is 0. The van der Waals surface area contributed by atoms with Crippen molar-refractivity contribution in [2.24, 2.45) is 0 Å². The topological polar surface area (TPSA) is 29.3 Å². The van der Waals surface area contributed by atoms with Crippen LogP contribution >= 0.6 is 0 Å². The maximum Gasteiger partial charge on any atom is 0.144 e. The Labute approximate surface area is 192 Å². The van der Waals surface area contributed by atoms with Crippen LogP contribution in [0.1, 0.15) is 13.8 Å². The molecule has 0 saturated heterocycles. The summed E-state index contributed by atoms with van der Waals surface area (Å²) in [5.41, 5.74) is 7.46. The van der Waals surface area contributed by atoms with Crippen LogP contribution in [-0.4, -0.2) is 11.0 Å². The molecule has 160 valence electrons. The quantitative estimate of drug-likeness (QED) is 0.282. The molecule has 33 heavy (non-hydrogen) atoms. The zero-order valence-corrected chi connectivity index (χ0v) is 18.7. The van der Waals surface area contributed by atoms with Gasteiger partial charge in [-0.2, -0.15) is 0 Å². The van der Waals surface area contributed by atoms with E-state index in [-0.39, 0.29) is 6.04 Å². The third kappa shape index (κ3) is 3.25. The highest BCUT2D eigenvalue weighted by Crippen LogP contribution is 2.40. The molecule has 6 rings (SSSR count). The number of benzene rings is 4. The third-order valence-corrected chi connectivity index (χ3v) is 6.25. The first kappa shape index (κ1) is 19.6. The number of nitrogens with zero attached hydrogens (tertiary/aromatic N) is 2. The van der Waals surface area contributed by atoms with E-state index in [1.54, 1.807) is 0 Å². The number of rotatable bonds is 4. The summed E-state index contributed by atoms with van der Waals surface area (Å²) < 4.78 is 6.42. The molecule has 0 aliphatic heterocycles. The number of aromatic nitrogens is 1. The maximum absolute atomic E-state index is 6.42. The predicted octanol–water partition coefficient (Wildman–Crippen LogP) is 8.35. The number of fused-ring (bicyclic) bond motifs is 5. The SMILES string of the molecule is CC(C)N(c1ccc2c(c1)oc1c3cccnc3ccc21)c1ccccc1-c1ccccc1. The lowest BCUT2D eigenvalue weighted by atomic mass is 10.0. The molecule has 0 atom stereocenters. The summed E-state index contributed by atoms with van der Waals surface area (Å²) in [6.07, 6.45) is 1.82. The van der Waals surface area contributed by atoms with E-state index >= 15 is 0 Å². The molecule has 2 aromatic heterocycles. The van der Waals surface area contributed by atoms with Gasteiger partial charge in [0.05, 0.1) is 5.52 Å². The number of pyridine rings is 1. The summed E-state index contributed by atoms with van der Waals surface area (Å²) in [4.78, 5) is 6.86. The van der Waals surface area contributed by atoms with Crippen molar-refractivity contribution < 1.29 is 4.42 Å². The van der Waals surface area contributed by atoms with Crippen molar-refractivity contribution in [2.75, 3.05) is 4.90 Å². The molecule has 0 bridgehead atoms. The minimum Gasteiger partial charge on any atom is -0.455 e. The summed E-state index contributed by atoms with van der Waals surface area (Å²) in [6.45, 7) is 4.45. The minimum atomic E-state index is 0.265. The van der Waals surface area contributed by atoms with Crippen LogP contribution in [0.15, 0.2) is 108 Å². The summed E-state index contributed by atoms with van der Waals surface area (Å²) in [5.74, 6) is 0. The molecule has 6 aromatic rings. The fourth-order valence-electron chi connectivity index (χ4n) is 4.79. The van der Waals surface area contributed by atoms with E-state index in [0.29, 0.717) is 0 Å². The van der Waals surface area contributed by atoms with Crippen LogP contribution in [0, 0.1) is 0 Å². The number of hydrogen-bond donors (Lipinski definition) is 0. The van der Waals surface area contributed by atoms with Crippen molar-refractivity contribution in [2.45, 2.75) is 19.9 Å². The lowest BCUT2D eigenvalue weighted by Gasteiger charge is -2.31. The second-order valence-corrected chi connectivity index (χ2v) is 8.64. The first-order valence-electron chi connectivity index (χ1n) is 11.3. The van der Waals surface area contributed by atoms with Gasteiger partial charge < -0.3 is 9.32 Å². The Morgan fingerprint density at radius 3 is 2.36 bits per heavy atom. The van der Waals surface area contributed by atoms with Gasteiger partial charge in [-0.05, 0) is 61.9 Å². The average Bonchev–Trinajstić information content (AvgIpc) is 3.23. The number of furan rings is 1. The van der Waals surface area contributed by atoms with Gasteiger partial charge in [0, 0.05) is 51.4 Å². The van der Waals surface area contributed by atoms with Crippen molar-refractivity contribution in [3.63, 3.8) is 0 Å². The molecule has 3 nitrogen and oxygen atoms in total. The van der Waals surface area contributed by atoms with Crippen molar-refractivity contribution in [1.29, 1.82) is 0 Å². The molecule has 0 saturated carbocycles. The number of hydrogen-bond acceptors (Lipinski definition) is 3. The zero-order chi connectivity index (χ0) is 22.4. The Kier molecular flexibility index (Phi) is 4.62. The molecular weight excluding hydrogens is 404 g/mol. The molecule has 0 aliphatic rings. The fraction of sp³-hybridized carbons (Fsp3) is 0.100. The van der Waals surface area contributed by atoms with Gasteiger partial charge >= 0.3 is 0 Å². The summed E-state index contributed by atoms with van der Waals surface area (Å²) in [6, 6.07) is 34.2. The van der Waals surface area contributed by atoms with Crippen LogP contribution in [0.5, 0.6) is 0 Å². The molecule has 2 heterocycles. The molecule has 0 spiro atoms. The van der Waals surface area contributed by atoms with E-state index in [1.165, 1.54) is 16.8 Å². The monoisotopic (exact) mass is 428 g/mol. The molecule has 0 amide bonds. The first-order valence-corrected chi connectivity index (χ1v) is 11.3. The molecule has 0 fully saturated rings. The molecule has 3 heteroatoms. The van der Waals surface area contributed by atoms with Gasteiger partial charge in [0.1, 0.15) is 11.2 Å². The zero-order valence-electron chi connectivity index (χ0n) is 18.7. The molecule has 0 unspecified atom stereocenters. The molecule has 0 radical (unpaired) electrons. The Morgan fingerprint density at radius 2 is 1.52 bits per heavy atom. The highest BCUT2D eigenvalue weighted by Gasteiger charge is 2.19. The predicted molar refractivity (Wildman–Crippen MR) is 138 cm³/mol. The van der Waals surface area contributed by atoms with E-state index in [4.69, 9.17) is 4.42 Å². The van der Waals surface area contributed by atoms with Crippen molar-refractivity contribution in [3.8, 4) is 11.1 Å². The van der Waals surface area contributed by atoms with Gasteiger partial charge in [0.15, 0.2) is 0 Å². The van der Waals surface area contributed by atoms with Crippen molar-refractivity contribution >= 4 is 44.2 Å². The van der Waals surface area contributed by atoms with Crippen molar-refractivity contribution in [1.82, 2.24) is 4.98 Å². The Balaban J connectivity index is 1.54. The van der Waals surface area contributed by atoms with Crippen LogP contribution in [0.4, 0.5) is 11.4 Å². The lowest BCUT2D eigenvalue weighted by Crippen LogP contribution is -2.25. The van der Waals surface area contributed by atoms with E-state index in [1.807, 2.05) is 12.3 Å². The second-order valence-electron chi connectivity index (χ2n) is 8.64. The minimum absolute atomic E-state index is 0.265. The average molecular weight is 429 g/mol. The van der Waals surface area contributed by atoms with E-state index < -0.39 is 0 Å². The van der Waals surface area contributed by atoms with E-state index in [2.05, 4.69) is 115 Å². The van der Waals surface area contributed by atoms with E-state index in [9.17, 15) is 0 Å². The highest BCUT2D eigenvalue weighted by molar-refractivity contribution is 6.14. The fourth-order valence-corrected chi connectivity index (χ4v) is 4.79. The molecule has 0 aliphatic carbocycles. The van der Waals surface area contributed by atoms with Crippen molar-refractivity contribution in [3.05, 3.63) is 103 Å². The van der Waals surface area contributed by atoms with Gasteiger partial charge in [0.2, 0.25) is 0 Å². The molecular formula is C30H24N2O. The lowest BCUT2D eigenvalue weighted by molar-refractivity contribution is 0.672. The Hall–Kier alpha value is -4.11. The van der Waals surface area contributed by atoms with Crippen LogP contribution in [0.3, 0.4) is 0 Å². The highest BCUT2D eigenvalue weighted by atomic mass is 16.3. The second kappa shape index (κ2) is 7.79. The van der Waals surface area contributed by atoms with Gasteiger partial charge in [-0.3, -0.25) is 4.98 Å². The van der Waals surface area contributed by atoms with Crippen LogP contribution < -0.4 is 4.90 Å². The van der Waals surface area contributed by atoms with Gasteiger partial charge in [0.25, 0.3) is 0 Å². The number of para-hydroxylation sites is 1. The molecule has 4 aromatic carbocycles. The normalized spacial score (nSPS) is 11.6. The first-order chi connectivity index (χ1) is 16.2. The standard InChI is InChI=1S/C30H24N2O/c1-20(2)32(28-13-7-6-11-23(28)21-9-4-3-5-10-21)22-14-15-24-25-16-17-27-26(12-8-18-31-27)30(25)33-29(24)19-22/h3-20H,1-2H3. The van der Waals surface area contributed by atoms with Crippen LogP contribution in [0.25, 0.3) is 44.0 Å². The largest absolute Gasteiger partial charge is 0.455 e. The van der Waals surface area contributed by atoms with Gasteiger partial charge in [-0.15, -0.1) is 0 Å². The van der Waals surface area contributed by atoms with Gasteiger partial charge in [-0.25, -0.2) is 0 Å². The van der Waals surface area contributed by atoms with Crippen LogP contribution in [0.2, 0.25) is 0 Å².